The molecule has 1 N–H and O–H groups in total. The Morgan fingerprint density at radius 1 is 1.21 bits per heavy atom. The second-order valence-corrected chi connectivity index (χ2v) is 5.32. The average molecular weight is 331 g/mol. The number of hydrogen-bond donors (Lipinski definition) is 1. The largest absolute Gasteiger partial charge is 0.496 e. The number of nitrogens with one attached hydrogen (secondary N) is 1. The summed E-state index contributed by atoms with van der Waals surface area (Å²) >= 11 is 0. The van der Waals surface area contributed by atoms with Gasteiger partial charge in [-0.05, 0) is 6.07 Å². The van der Waals surface area contributed by atoms with Crippen LogP contribution in [0.2, 0.25) is 0 Å². The van der Waals surface area contributed by atoms with Crippen molar-refractivity contribution in [2.45, 2.75) is 13.0 Å². The lowest BCUT2D eigenvalue weighted by molar-refractivity contribution is 0.0947. The van der Waals surface area contributed by atoms with E-state index in [2.05, 4.69) is 5.32 Å². The van der Waals surface area contributed by atoms with Crippen LogP contribution >= 0.6 is 0 Å². The van der Waals surface area contributed by atoms with Crippen LogP contribution in [0.1, 0.15) is 22.3 Å². The van der Waals surface area contributed by atoms with Gasteiger partial charge in [-0.2, -0.15) is 0 Å². The van der Waals surface area contributed by atoms with Crippen LogP contribution in [-0.2, 0) is 6.54 Å². The summed E-state index contributed by atoms with van der Waals surface area (Å²) in [6.07, 6.45) is 0.770. The maximum absolute atomic E-state index is 13.6. The first-order valence-electron chi connectivity index (χ1n) is 7.68. The van der Waals surface area contributed by atoms with Crippen molar-refractivity contribution in [2.75, 3.05) is 20.3 Å². The Labute approximate surface area is 139 Å². The van der Waals surface area contributed by atoms with E-state index in [1.807, 2.05) is 0 Å². The first kappa shape index (κ1) is 16.1. The van der Waals surface area contributed by atoms with E-state index in [1.54, 1.807) is 30.3 Å². The maximum atomic E-state index is 13.6. The second kappa shape index (κ2) is 7.21. The van der Waals surface area contributed by atoms with Crippen LogP contribution in [0.3, 0.4) is 0 Å². The third-order valence-corrected chi connectivity index (χ3v) is 3.71. The molecule has 1 aliphatic rings. The molecule has 6 heteroatoms. The summed E-state index contributed by atoms with van der Waals surface area (Å²) in [5.41, 5.74) is 0.734. The number of hydrogen-bond acceptors (Lipinski definition) is 4. The summed E-state index contributed by atoms with van der Waals surface area (Å²) in [5.74, 6) is 0.707. The summed E-state index contributed by atoms with van der Waals surface area (Å²) in [7, 11) is 1.48. The molecule has 126 valence electrons. The third-order valence-electron chi connectivity index (χ3n) is 3.71. The summed E-state index contributed by atoms with van der Waals surface area (Å²) < 4.78 is 30.1. The first-order valence-corrected chi connectivity index (χ1v) is 7.68. The van der Waals surface area contributed by atoms with E-state index in [1.165, 1.54) is 13.2 Å². The van der Waals surface area contributed by atoms with Gasteiger partial charge in [0.15, 0.2) is 11.5 Å². The Morgan fingerprint density at radius 2 is 1.92 bits per heavy atom. The minimum atomic E-state index is -0.370. The van der Waals surface area contributed by atoms with E-state index >= 15 is 0 Å². The summed E-state index contributed by atoms with van der Waals surface area (Å²) in [4.78, 5) is 12.5. The van der Waals surface area contributed by atoms with Crippen LogP contribution < -0.4 is 19.5 Å². The number of carbonyl (C=O) groups excluding carboxylic acids is 1. The van der Waals surface area contributed by atoms with Gasteiger partial charge in [-0.15, -0.1) is 0 Å². The van der Waals surface area contributed by atoms with Crippen molar-refractivity contribution in [3.63, 3.8) is 0 Å². The molecule has 24 heavy (non-hydrogen) atoms. The third kappa shape index (κ3) is 3.42. The van der Waals surface area contributed by atoms with Crippen LogP contribution in [0.25, 0.3) is 0 Å². The van der Waals surface area contributed by atoms with E-state index < -0.39 is 0 Å². The van der Waals surface area contributed by atoms with Crippen molar-refractivity contribution < 1.29 is 23.4 Å². The molecule has 0 saturated heterocycles. The zero-order valence-corrected chi connectivity index (χ0v) is 13.3. The van der Waals surface area contributed by atoms with E-state index in [0.29, 0.717) is 41.6 Å². The predicted octanol–water partition coefficient (Wildman–Crippen LogP) is 2.93. The molecule has 0 unspecified atom stereocenters. The molecule has 1 heterocycles. The van der Waals surface area contributed by atoms with Crippen LogP contribution in [0.5, 0.6) is 17.2 Å². The molecule has 0 bridgehead atoms. The van der Waals surface area contributed by atoms with E-state index in [-0.39, 0.29) is 18.3 Å². The normalized spacial score (nSPS) is 13.1. The van der Waals surface area contributed by atoms with Gasteiger partial charge in [0, 0.05) is 30.7 Å². The topological polar surface area (TPSA) is 56.8 Å². The Hall–Kier alpha value is -2.76. The number of ether oxygens (including phenoxy) is 3. The zero-order valence-electron chi connectivity index (χ0n) is 13.3. The van der Waals surface area contributed by atoms with E-state index in [4.69, 9.17) is 14.2 Å². The highest BCUT2D eigenvalue weighted by molar-refractivity contribution is 5.97. The minimum absolute atomic E-state index is 0.0864. The molecular formula is C18H18FNO4. The van der Waals surface area contributed by atoms with Crippen LogP contribution in [0.15, 0.2) is 36.4 Å². The second-order valence-electron chi connectivity index (χ2n) is 5.32. The molecule has 0 radical (unpaired) electrons. The molecule has 2 aromatic carbocycles. The van der Waals surface area contributed by atoms with Crippen molar-refractivity contribution in [1.82, 2.24) is 5.32 Å². The molecule has 1 aliphatic heterocycles. The number of halogens is 1. The maximum Gasteiger partial charge on any atom is 0.255 e. The summed E-state index contributed by atoms with van der Waals surface area (Å²) in [5, 5.41) is 2.70. The number of amides is 1. The van der Waals surface area contributed by atoms with Gasteiger partial charge in [0.05, 0.1) is 25.9 Å². The Kier molecular flexibility index (Phi) is 4.84. The van der Waals surface area contributed by atoms with Crippen molar-refractivity contribution in [3.8, 4) is 17.2 Å². The number of benzene rings is 2. The van der Waals surface area contributed by atoms with E-state index in [9.17, 15) is 9.18 Å². The van der Waals surface area contributed by atoms with E-state index in [0.717, 1.165) is 6.42 Å². The molecular weight excluding hydrogens is 313 g/mol. The summed E-state index contributed by atoms with van der Waals surface area (Å²) in [6.45, 7) is 1.16. The molecule has 0 fully saturated rings. The lowest BCUT2D eigenvalue weighted by Gasteiger charge is -2.14. The Bertz CT molecular complexity index is 748. The zero-order chi connectivity index (χ0) is 16.9. The van der Waals surface area contributed by atoms with Crippen LogP contribution in [-0.4, -0.2) is 26.2 Å². The number of rotatable bonds is 4. The molecule has 5 nitrogen and oxygen atoms in total. The summed E-state index contributed by atoms with van der Waals surface area (Å²) in [6, 6.07) is 9.54. The lowest BCUT2D eigenvalue weighted by Crippen LogP contribution is -2.24. The number of carbonyl (C=O) groups is 1. The lowest BCUT2D eigenvalue weighted by atomic mass is 10.1. The van der Waals surface area contributed by atoms with Crippen molar-refractivity contribution in [1.29, 1.82) is 0 Å². The molecule has 2 aromatic rings. The Morgan fingerprint density at radius 3 is 2.62 bits per heavy atom. The molecule has 0 aliphatic carbocycles. The fourth-order valence-electron chi connectivity index (χ4n) is 2.45. The average Bonchev–Trinajstić information content (AvgIpc) is 2.84. The van der Waals surface area contributed by atoms with Crippen molar-refractivity contribution >= 4 is 5.91 Å². The quantitative estimate of drug-likeness (QED) is 0.936. The van der Waals surface area contributed by atoms with Gasteiger partial charge in [0.2, 0.25) is 0 Å². The highest BCUT2D eigenvalue weighted by Crippen LogP contribution is 2.36. The molecule has 0 saturated carbocycles. The monoisotopic (exact) mass is 331 g/mol. The van der Waals surface area contributed by atoms with Gasteiger partial charge in [0.25, 0.3) is 5.91 Å². The predicted molar refractivity (Wildman–Crippen MR) is 86.2 cm³/mol. The van der Waals surface area contributed by atoms with Gasteiger partial charge >= 0.3 is 0 Å². The highest BCUT2D eigenvalue weighted by atomic mass is 19.1. The standard InChI is InChI=1S/C18H18FNO4/c1-22-15-10-17-16(23-7-4-8-24-17)9-13(15)18(21)20-11-12-5-2-3-6-14(12)19/h2-3,5-6,9-10H,4,7-8,11H2,1H3,(H,20,21). The minimum Gasteiger partial charge on any atom is -0.496 e. The van der Waals surface area contributed by atoms with Gasteiger partial charge in [-0.25, -0.2) is 4.39 Å². The number of methoxy groups -OCH3 is 1. The smallest absolute Gasteiger partial charge is 0.255 e. The van der Waals surface area contributed by atoms with Gasteiger partial charge < -0.3 is 19.5 Å². The molecule has 0 spiro atoms. The van der Waals surface area contributed by atoms with Crippen molar-refractivity contribution in [3.05, 3.63) is 53.3 Å². The molecule has 0 aromatic heterocycles. The SMILES string of the molecule is COc1cc2c(cc1C(=O)NCc1ccccc1F)OCCCO2. The highest BCUT2D eigenvalue weighted by Gasteiger charge is 2.20. The fourth-order valence-corrected chi connectivity index (χ4v) is 2.45. The van der Waals surface area contributed by atoms with Gasteiger partial charge in [-0.1, -0.05) is 18.2 Å². The van der Waals surface area contributed by atoms with Crippen molar-refractivity contribution in [2.24, 2.45) is 0 Å². The van der Waals surface area contributed by atoms with Gasteiger partial charge in [-0.3, -0.25) is 4.79 Å². The fraction of sp³-hybridized carbons (Fsp3) is 0.278. The van der Waals surface area contributed by atoms with Crippen LogP contribution in [0, 0.1) is 5.82 Å². The van der Waals surface area contributed by atoms with Gasteiger partial charge in [0.1, 0.15) is 11.6 Å². The molecule has 0 atom stereocenters. The number of fused-ring (bicyclic) bond motifs is 1. The first-order chi connectivity index (χ1) is 11.7. The molecule has 3 rings (SSSR count). The Balaban J connectivity index is 1.81. The van der Waals surface area contributed by atoms with Crippen LogP contribution in [0.4, 0.5) is 4.39 Å². The molecule has 1 amide bonds.